The van der Waals surface area contributed by atoms with Gasteiger partial charge < -0.3 is 10.6 Å². The van der Waals surface area contributed by atoms with E-state index in [9.17, 15) is 4.39 Å². The van der Waals surface area contributed by atoms with Crippen molar-refractivity contribution in [2.24, 2.45) is 0 Å². The first-order valence-electron chi connectivity index (χ1n) is 4.84. The highest BCUT2D eigenvalue weighted by molar-refractivity contribution is 7.99. The molecule has 0 bridgehead atoms. The van der Waals surface area contributed by atoms with E-state index in [0.29, 0.717) is 17.8 Å². The standard InChI is InChI=1S/C9H13FN4S/c1-11-9-12-4-7(10)8(14-9)13-6-2-3-15-5-6/h4,6H,2-3,5H2,1H3,(H2,11,12,13,14). The first-order valence-corrected chi connectivity index (χ1v) is 5.99. The van der Waals surface area contributed by atoms with Crippen molar-refractivity contribution in [3.05, 3.63) is 12.0 Å². The van der Waals surface area contributed by atoms with Crippen molar-refractivity contribution in [2.45, 2.75) is 12.5 Å². The molecular formula is C9H13FN4S. The topological polar surface area (TPSA) is 49.8 Å². The molecule has 1 fully saturated rings. The SMILES string of the molecule is CNc1ncc(F)c(NC2CCSC2)n1. The molecule has 82 valence electrons. The van der Waals surface area contributed by atoms with Crippen LogP contribution in [0, 0.1) is 5.82 Å². The predicted molar refractivity (Wildman–Crippen MR) is 60.9 cm³/mol. The van der Waals surface area contributed by atoms with E-state index in [-0.39, 0.29) is 0 Å². The summed E-state index contributed by atoms with van der Waals surface area (Å²) in [6.07, 6.45) is 2.24. The molecule has 0 amide bonds. The quantitative estimate of drug-likeness (QED) is 0.822. The van der Waals surface area contributed by atoms with Gasteiger partial charge in [-0.1, -0.05) is 0 Å². The molecule has 15 heavy (non-hydrogen) atoms. The second-order valence-corrected chi connectivity index (χ2v) is 4.49. The summed E-state index contributed by atoms with van der Waals surface area (Å²) in [7, 11) is 1.71. The van der Waals surface area contributed by atoms with E-state index in [4.69, 9.17) is 0 Å². The highest BCUT2D eigenvalue weighted by Gasteiger charge is 2.17. The van der Waals surface area contributed by atoms with Gasteiger partial charge in [0.2, 0.25) is 5.95 Å². The van der Waals surface area contributed by atoms with Crippen molar-refractivity contribution in [1.82, 2.24) is 9.97 Å². The summed E-state index contributed by atoms with van der Waals surface area (Å²) in [5, 5.41) is 5.88. The van der Waals surface area contributed by atoms with Crippen molar-refractivity contribution >= 4 is 23.5 Å². The van der Waals surface area contributed by atoms with Gasteiger partial charge >= 0.3 is 0 Å². The van der Waals surface area contributed by atoms with Crippen LogP contribution in [0.1, 0.15) is 6.42 Å². The first-order chi connectivity index (χ1) is 7.29. The summed E-state index contributed by atoms with van der Waals surface area (Å²) >= 11 is 1.87. The van der Waals surface area contributed by atoms with Crippen LogP contribution in [-0.2, 0) is 0 Å². The zero-order valence-electron chi connectivity index (χ0n) is 8.46. The van der Waals surface area contributed by atoms with Crippen LogP contribution < -0.4 is 10.6 Å². The Kier molecular flexibility index (Phi) is 3.25. The van der Waals surface area contributed by atoms with Crippen molar-refractivity contribution in [3.63, 3.8) is 0 Å². The third kappa shape index (κ3) is 2.50. The molecule has 1 aromatic rings. The Morgan fingerprint density at radius 3 is 3.13 bits per heavy atom. The van der Waals surface area contributed by atoms with Crippen molar-refractivity contribution in [1.29, 1.82) is 0 Å². The van der Waals surface area contributed by atoms with Gasteiger partial charge in [-0.05, 0) is 12.2 Å². The molecule has 0 aromatic carbocycles. The van der Waals surface area contributed by atoms with Crippen LogP contribution in [0.2, 0.25) is 0 Å². The van der Waals surface area contributed by atoms with E-state index in [2.05, 4.69) is 20.6 Å². The second kappa shape index (κ2) is 4.65. The van der Waals surface area contributed by atoms with Crippen molar-refractivity contribution < 1.29 is 4.39 Å². The molecule has 1 unspecified atom stereocenters. The highest BCUT2D eigenvalue weighted by Crippen LogP contribution is 2.22. The Labute approximate surface area is 92.1 Å². The van der Waals surface area contributed by atoms with Crippen molar-refractivity contribution in [3.8, 4) is 0 Å². The van der Waals surface area contributed by atoms with E-state index in [1.54, 1.807) is 7.05 Å². The van der Waals surface area contributed by atoms with Crippen molar-refractivity contribution in [2.75, 3.05) is 29.2 Å². The molecule has 6 heteroatoms. The molecule has 1 atom stereocenters. The second-order valence-electron chi connectivity index (χ2n) is 3.35. The van der Waals surface area contributed by atoms with Gasteiger partial charge in [-0.3, -0.25) is 0 Å². The minimum atomic E-state index is -0.397. The largest absolute Gasteiger partial charge is 0.364 e. The molecule has 1 saturated heterocycles. The van der Waals surface area contributed by atoms with Crippen LogP contribution in [0.15, 0.2) is 6.20 Å². The average molecular weight is 228 g/mol. The molecule has 0 radical (unpaired) electrons. The summed E-state index contributed by atoms with van der Waals surface area (Å²) in [6, 6.07) is 0.323. The maximum absolute atomic E-state index is 13.3. The van der Waals surface area contributed by atoms with E-state index in [1.807, 2.05) is 11.8 Å². The van der Waals surface area contributed by atoms with Gasteiger partial charge in [0.1, 0.15) is 0 Å². The first kappa shape index (κ1) is 10.5. The van der Waals surface area contributed by atoms with Gasteiger partial charge in [-0.15, -0.1) is 0 Å². The fourth-order valence-corrected chi connectivity index (χ4v) is 2.58. The Morgan fingerprint density at radius 2 is 2.47 bits per heavy atom. The van der Waals surface area contributed by atoms with Crippen LogP contribution in [0.3, 0.4) is 0 Å². The van der Waals surface area contributed by atoms with Crippen LogP contribution >= 0.6 is 11.8 Å². The number of hydrogen-bond donors (Lipinski definition) is 2. The predicted octanol–water partition coefficient (Wildman–Crippen LogP) is 1.57. The Morgan fingerprint density at radius 1 is 1.60 bits per heavy atom. The Hall–Kier alpha value is -1.04. The lowest BCUT2D eigenvalue weighted by molar-refractivity contribution is 0.613. The van der Waals surface area contributed by atoms with E-state index in [0.717, 1.165) is 17.9 Å². The number of nitrogens with zero attached hydrogens (tertiary/aromatic N) is 2. The number of thioether (sulfide) groups is 1. The number of anilines is 2. The Balaban J connectivity index is 2.11. The fraction of sp³-hybridized carbons (Fsp3) is 0.556. The average Bonchev–Trinajstić information content (AvgIpc) is 2.74. The number of nitrogens with one attached hydrogen (secondary N) is 2. The maximum atomic E-state index is 13.3. The van der Waals surface area contributed by atoms with E-state index in [1.165, 1.54) is 6.20 Å². The zero-order valence-corrected chi connectivity index (χ0v) is 9.27. The van der Waals surface area contributed by atoms with Gasteiger partial charge in [0.25, 0.3) is 0 Å². The molecule has 1 aromatic heterocycles. The van der Waals surface area contributed by atoms with E-state index < -0.39 is 5.82 Å². The number of halogens is 1. The smallest absolute Gasteiger partial charge is 0.224 e. The summed E-state index contributed by atoms with van der Waals surface area (Å²) < 4.78 is 13.3. The maximum Gasteiger partial charge on any atom is 0.224 e. The summed E-state index contributed by atoms with van der Waals surface area (Å²) in [5.41, 5.74) is 0. The van der Waals surface area contributed by atoms with Crippen LogP contribution in [-0.4, -0.2) is 34.6 Å². The molecule has 2 heterocycles. The van der Waals surface area contributed by atoms with E-state index >= 15 is 0 Å². The highest BCUT2D eigenvalue weighted by atomic mass is 32.2. The summed E-state index contributed by atoms with van der Waals surface area (Å²) in [5.74, 6) is 2.47. The summed E-state index contributed by atoms with van der Waals surface area (Å²) in [4.78, 5) is 7.83. The lowest BCUT2D eigenvalue weighted by Crippen LogP contribution is -2.20. The molecule has 0 spiro atoms. The third-order valence-electron chi connectivity index (χ3n) is 2.24. The molecule has 4 nitrogen and oxygen atoms in total. The number of aromatic nitrogens is 2. The molecule has 2 N–H and O–H groups in total. The molecule has 0 aliphatic carbocycles. The lowest BCUT2D eigenvalue weighted by atomic mass is 10.2. The number of rotatable bonds is 3. The van der Waals surface area contributed by atoms with Gasteiger partial charge in [-0.2, -0.15) is 16.7 Å². The van der Waals surface area contributed by atoms with Gasteiger partial charge in [0.05, 0.1) is 6.20 Å². The molecule has 0 saturated carbocycles. The minimum Gasteiger partial charge on any atom is -0.364 e. The normalized spacial score (nSPS) is 20.3. The fourth-order valence-electron chi connectivity index (χ4n) is 1.43. The third-order valence-corrected chi connectivity index (χ3v) is 3.40. The zero-order chi connectivity index (χ0) is 10.7. The van der Waals surface area contributed by atoms with Crippen LogP contribution in [0.5, 0.6) is 0 Å². The monoisotopic (exact) mass is 228 g/mol. The minimum absolute atomic E-state index is 0.293. The van der Waals surface area contributed by atoms with Gasteiger partial charge in [0.15, 0.2) is 11.6 Å². The van der Waals surface area contributed by atoms with Gasteiger partial charge in [0, 0.05) is 18.8 Å². The molecule has 2 rings (SSSR count). The Bertz CT molecular complexity index is 341. The summed E-state index contributed by atoms with van der Waals surface area (Å²) in [6.45, 7) is 0. The van der Waals surface area contributed by atoms with Crippen LogP contribution in [0.25, 0.3) is 0 Å². The lowest BCUT2D eigenvalue weighted by Gasteiger charge is -2.12. The van der Waals surface area contributed by atoms with Gasteiger partial charge in [-0.25, -0.2) is 9.37 Å². The molecule has 1 aliphatic rings. The number of hydrogen-bond acceptors (Lipinski definition) is 5. The molecular weight excluding hydrogens is 215 g/mol. The molecule has 1 aliphatic heterocycles. The van der Waals surface area contributed by atoms with Crippen LogP contribution in [0.4, 0.5) is 16.2 Å².